The zero-order chi connectivity index (χ0) is 24.0. The van der Waals surface area contributed by atoms with E-state index in [1.807, 2.05) is 91.9 Å². The molecule has 0 fully saturated rings. The molecule has 5 heteroatoms. The summed E-state index contributed by atoms with van der Waals surface area (Å²) in [4.78, 5) is 16.1. The molecule has 0 saturated carbocycles. The van der Waals surface area contributed by atoms with Crippen LogP contribution in [0, 0.1) is 11.3 Å². The average molecular weight is 449 g/mol. The maximum absolute atomic E-state index is 11.8. The van der Waals surface area contributed by atoms with Crippen LogP contribution in [0.3, 0.4) is 0 Å². The van der Waals surface area contributed by atoms with Gasteiger partial charge in [0.25, 0.3) is 0 Å². The Morgan fingerprint density at radius 2 is 1.53 bits per heavy atom. The number of carboxylic acid groups (broad SMARTS) is 1. The van der Waals surface area contributed by atoms with Gasteiger partial charge in [-0.15, -0.1) is 0 Å². The Balaban J connectivity index is 2.17. The number of carbonyl (C=O) groups is 1. The first-order valence-corrected chi connectivity index (χ1v) is 11.1. The van der Waals surface area contributed by atoms with Crippen molar-refractivity contribution >= 4 is 5.97 Å². The number of aromatic nitrogens is 1. The molecular formula is C29H24N2O3. The molecule has 0 atom stereocenters. The molecular weight excluding hydrogens is 424 g/mol. The van der Waals surface area contributed by atoms with Crippen LogP contribution >= 0.6 is 0 Å². The summed E-state index contributed by atoms with van der Waals surface area (Å²) in [5.41, 5.74) is 3.01. The number of nitriles is 1. The Morgan fingerprint density at radius 3 is 2.09 bits per heavy atom. The van der Waals surface area contributed by atoms with E-state index in [1.165, 1.54) is 0 Å². The summed E-state index contributed by atoms with van der Waals surface area (Å²) in [7, 11) is 0. The Hall–Kier alpha value is -4.43. The minimum Gasteiger partial charge on any atom is -0.494 e. The largest absolute Gasteiger partial charge is 0.494 e. The highest BCUT2D eigenvalue weighted by molar-refractivity contribution is 5.87. The maximum atomic E-state index is 11.8. The number of carboxylic acids is 1. The van der Waals surface area contributed by atoms with Gasteiger partial charge in [-0.25, -0.2) is 9.78 Å². The lowest BCUT2D eigenvalue weighted by atomic mass is 9.65. The predicted octanol–water partition coefficient (Wildman–Crippen LogP) is 5.63. The van der Waals surface area contributed by atoms with Crippen molar-refractivity contribution in [2.24, 2.45) is 0 Å². The molecule has 3 aromatic carbocycles. The lowest BCUT2D eigenvalue weighted by Gasteiger charge is -2.37. The summed E-state index contributed by atoms with van der Waals surface area (Å²) in [5.74, 6) is -0.432. The third-order valence-corrected chi connectivity index (χ3v) is 5.88. The fourth-order valence-corrected chi connectivity index (χ4v) is 4.53. The predicted molar refractivity (Wildman–Crippen MR) is 130 cm³/mol. The molecule has 1 aromatic heterocycles. The Labute approximate surface area is 198 Å². The standard InChI is InChI=1S/C29H24N2O3/c1-2-34-26-16-10-9-15-25(26)29(22-11-5-3-6-12-22,23-13-7-4-8-14-23)24-19-21(17-18-30)27(28(32)33)31-20-24/h3-16,19-20H,2,17H2,1H3,(H,32,33). The first kappa shape index (κ1) is 22.8. The molecule has 0 radical (unpaired) electrons. The molecule has 0 aliphatic rings. The van der Waals surface area contributed by atoms with Gasteiger partial charge in [-0.3, -0.25) is 0 Å². The maximum Gasteiger partial charge on any atom is 0.354 e. The van der Waals surface area contributed by atoms with E-state index < -0.39 is 11.4 Å². The number of para-hydroxylation sites is 1. The van der Waals surface area contributed by atoms with Gasteiger partial charge in [-0.05, 0) is 41.3 Å². The van der Waals surface area contributed by atoms with Crippen molar-refractivity contribution < 1.29 is 14.6 Å². The van der Waals surface area contributed by atoms with Crippen LogP contribution in [0.2, 0.25) is 0 Å². The third kappa shape index (κ3) is 4.02. The van der Waals surface area contributed by atoms with Gasteiger partial charge in [-0.2, -0.15) is 5.26 Å². The molecule has 0 bridgehead atoms. The number of hydrogen-bond donors (Lipinski definition) is 1. The molecule has 5 nitrogen and oxygen atoms in total. The zero-order valence-electron chi connectivity index (χ0n) is 18.8. The Morgan fingerprint density at radius 1 is 0.941 bits per heavy atom. The van der Waals surface area contributed by atoms with Crippen LogP contribution in [0.1, 0.15) is 45.2 Å². The van der Waals surface area contributed by atoms with Crippen molar-refractivity contribution in [1.29, 1.82) is 5.26 Å². The summed E-state index contributed by atoms with van der Waals surface area (Å²) < 4.78 is 6.08. The monoisotopic (exact) mass is 448 g/mol. The first-order chi connectivity index (χ1) is 16.6. The van der Waals surface area contributed by atoms with Crippen molar-refractivity contribution in [2.75, 3.05) is 6.61 Å². The van der Waals surface area contributed by atoms with Crippen LogP contribution in [-0.2, 0) is 11.8 Å². The molecule has 0 saturated heterocycles. The fourth-order valence-electron chi connectivity index (χ4n) is 4.53. The minimum absolute atomic E-state index is 0.0603. The summed E-state index contributed by atoms with van der Waals surface area (Å²) in [6.07, 6.45) is 1.54. The average Bonchev–Trinajstić information content (AvgIpc) is 2.87. The van der Waals surface area contributed by atoms with E-state index in [0.29, 0.717) is 12.2 Å². The summed E-state index contributed by atoms with van der Waals surface area (Å²) in [5, 5.41) is 19.1. The van der Waals surface area contributed by atoms with Crippen LogP contribution in [0.25, 0.3) is 0 Å². The van der Waals surface area contributed by atoms with E-state index in [4.69, 9.17) is 4.74 Å². The van der Waals surface area contributed by atoms with E-state index >= 15 is 0 Å². The summed E-state index contributed by atoms with van der Waals surface area (Å²) >= 11 is 0. The van der Waals surface area contributed by atoms with Crippen molar-refractivity contribution in [3.63, 3.8) is 0 Å². The molecule has 4 aromatic rings. The van der Waals surface area contributed by atoms with Crippen molar-refractivity contribution in [2.45, 2.75) is 18.8 Å². The second-order valence-corrected chi connectivity index (χ2v) is 7.78. The number of nitrogens with zero attached hydrogens (tertiary/aromatic N) is 2. The number of aromatic carboxylic acids is 1. The highest BCUT2D eigenvalue weighted by Gasteiger charge is 2.41. The number of hydrogen-bond acceptors (Lipinski definition) is 4. The number of pyridine rings is 1. The third-order valence-electron chi connectivity index (χ3n) is 5.88. The SMILES string of the molecule is CCOc1ccccc1C(c1ccccc1)(c1ccccc1)c1cnc(C(=O)O)c(CC#N)c1. The van der Waals surface area contributed by atoms with Gasteiger partial charge in [0, 0.05) is 11.8 Å². The van der Waals surface area contributed by atoms with Crippen molar-refractivity contribution in [1.82, 2.24) is 4.98 Å². The molecule has 1 heterocycles. The van der Waals surface area contributed by atoms with Gasteiger partial charge >= 0.3 is 5.97 Å². The minimum atomic E-state index is -1.16. The molecule has 168 valence electrons. The van der Waals surface area contributed by atoms with E-state index in [9.17, 15) is 15.2 Å². The second kappa shape index (κ2) is 10.0. The van der Waals surface area contributed by atoms with Crippen LogP contribution in [0.4, 0.5) is 0 Å². The van der Waals surface area contributed by atoms with Gasteiger partial charge in [0.2, 0.25) is 0 Å². The fraction of sp³-hybridized carbons (Fsp3) is 0.138. The quantitative estimate of drug-likeness (QED) is 0.353. The highest BCUT2D eigenvalue weighted by Crippen LogP contribution is 2.48. The summed E-state index contributed by atoms with van der Waals surface area (Å²) in [6, 6.07) is 31.8. The molecule has 4 rings (SSSR count). The second-order valence-electron chi connectivity index (χ2n) is 7.78. The molecule has 0 aliphatic heterocycles. The van der Waals surface area contributed by atoms with E-state index in [-0.39, 0.29) is 12.1 Å². The van der Waals surface area contributed by atoms with E-state index in [1.54, 1.807) is 12.3 Å². The van der Waals surface area contributed by atoms with Crippen LogP contribution in [-0.4, -0.2) is 22.7 Å². The van der Waals surface area contributed by atoms with E-state index in [0.717, 1.165) is 28.0 Å². The Kier molecular flexibility index (Phi) is 6.70. The molecule has 0 amide bonds. The lowest BCUT2D eigenvalue weighted by Crippen LogP contribution is -2.32. The Bertz CT molecular complexity index is 1290. The van der Waals surface area contributed by atoms with Gasteiger partial charge in [0.15, 0.2) is 5.69 Å². The molecule has 1 N–H and O–H groups in total. The van der Waals surface area contributed by atoms with Gasteiger partial charge in [0.1, 0.15) is 5.75 Å². The summed E-state index contributed by atoms with van der Waals surface area (Å²) in [6.45, 7) is 2.43. The van der Waals surface area contributed by atoms with Crippen LogP contribution in [0.5, 0.6) is 5.75 Å². The van der Waals surface area contributed by atoms with Crippen molar-refractivity contribution in [3.8, 4) is 11.8 Å². The van der Waals surface area contributed by atoms with Gasteiger partial charge in [-0.1, -0.05) is 78.9 Å². The number of benzene rings is 3. The zero-order valence-corrected chi connectivity index (χ0v) is 18.8. The molecule has 34 heavy (non-hydrogen) atoms. The van der Waals surface area contributed by atoms with Crippen molar-refractivity contribution in [3.05, 3.63) is 131 Å². The molecule has 0 aliphatic carbocycles. The normalized spacial score (nSPS) is 10.9. The van der Waals surface area contributed by atoms with Gasteiger partial charge < -0.3 is 9.84 Å². The lowest BCUT2D eigenvalue weighted by molar-refractivity contribution is 0.0689. The highest BCUT2D eigenvalue weighted by atomic mass is 16.5. The number of rotatable bonds is 8. The molecule has 0 unspecified atom stereocenters. The molecule has 0 spiro atoms. The topological polar surface area (TPSA) is 83.2 Å². The van der Waals surface area contributed by atoms with Crippen LogP contribution < -0.4 is 4.74 Å². The first-order valence-electron chi connectivity index (χ1n) is 11.1. The number of ether oxygens (including phenoxy) is 1. The van der Waals surface area contributed by atoms with Gasteiger partial charge in [0.05, 0.1) is 24.5 Å². The van der Waals surface area contributed by atoms with Crippen LogP contribution in [0.15, 0.2) is 97.2 Å². The smallest absolute Gasteiger partial charge is 0.354 e. The van der Waals surface area contributed by atoms with E-state index in [2.05, 4.69) is 11.1 Å².